The van der Waals surface area contributed by atoms with Crippen molar-refractivity contribution in [2.75, 3.05) is 10.2 Å². The highest BCUT2D eigenvalue weighted by atomic mass is 16.3. The Morgan fingerprint density at radius 1 is 0.520 bits per heavy atom. The Morgan fingerprint density at radius 2 is 1.06 bits per heavy atom. The normalized spacial score (nSPS) is 18.4. The first-order valence-corrected chi connectivity index (χ1v) is 18.5. The van der Waals surface area contributed by atoms with Crippen molar-refractivity contribution < 1.29 is 4.42 Å². The maximum atomic E-state index is 6.24. The van der Waals surface area contributed by atoms with Crippen molar-refractivity contribution in [2.24, 2.45) is 0 Å². The minimum absolute atomic E-state index is 0.111. The third-order valence-corrected chi connectivity index (χ3v) is 12.2. The van der Waals surface area contributed by atoms with Gasteiger partial charge in [0.25, 0.3) is 0 Å². The van der Waals surface area contributed by atoms with Gasteiger partial charge in [-0.15, -0.1) is 0 Å². The quantitative estimate of drug-likeness (QED) is 0.199. The number of aryl methyl sites for hydroxylation is 1. The van der Waals surface area contributed by atoms with Gasteiger partial charge in [0, 0.05) is 28.1 Å². The standard InChI is InChI=1S/C47H52N2O/c1-30-25-31(48-40-14-12-16-42-43(40)35-13-10-11-15-41(35)50-42)27-34(26-30)49(32-17-19-36-38(28-32)46(6,7)23-21-44(36,2)3)33-18-20-37-39(29-33)47(8,9)24-22-45(37,4)5/h10-20,25-29,48H,21-24H2,1-9H3. The highest BCUT2D eigenvalue weighted by Crippen LogP contribution is 2.51. The van der Waals surface area contributed by atoms with Gasteiger partial charge in [0.2, 0.25) is 0 Å². The Hall–Kier alpha value is -4.50. The van der Waals surface area contributed by atoms with E-state index in [9.17, 15) is 0 Å². The zero-order valence-corrected chi connectivity index (χ0v) is 31.4. The number of fused-ring (bicyclic) bond motifs is 5. The molecule has 0 bridgehead atoms. The number of anilines is 5. The predicted molar refractivity (Wildman–Crippen MR) is 213 cm³/mol. The Kier molecular flexibility index (Phi) is 7.36. The zero-order valence-electron chi connectivity index (χ0n) is 31.4. The molecule has 0 aliphatic heterocycles. The molecule has 0 saturated heterocycles. The molecular weight excluding hydrogens is 609 g/mol. The largest absolute Gasteiger partial charge is 0.456 e. The van der Waals surface area contributed by atoms with Crippen LogP contribution in [0.2, 0.25) is 0 Å². The van der Waals surface area contributed by atoms with Crippen LogP contribution in [0.5, 0.6) is 0 Å². The van der Waals surface area contributed by atoms with E-state index in [2.05, 4.69) is 157 Å². The minimum atomic E-state index is 0.111. The first-order chi connectivity index (χ1) is 23.6. The highest BCUT2D eigenvalue weighted by Gasteiger charge is 2.39. The average molecular weight is 661 g/mol. The number of rotatable bonds is 5. The van der Waals surface area contributed by atoms with E-state index in [0.29, 0.717) is 0 Å². The summed E-state index contributed by atoms with van der Waals surface area (Å²) in [5.74, 6) is 0. The summed E-state index contributed by atoms with van der Waals surface area (Å²) in [4.78, 5) is 2.50. The summed E-state index contributed by atoms with van der Waals surface area (Å²) >= 11 is 0. The first kappa shape index (κ1) is 32.7. The van der Waals surface area contributed by atoms with E-state index in [-0.39, 0.29) is 21.7 Å². The monoisotopic (exact) mass is 660 g/mol. The number of para-hydroxylation sites is 1. The molecule has 5 aromatic carbocycles. The van der Waals surface area contributed by atoms with E-state index in [4.69, 9.17) is 4.42 Å². The fraction of sp³-hybridized carbons (Fsp3) is 0.362. The molecule has 2 aliphatic rings. The molecule has 0 unspecified atom stereocenters. The number of furan rings is 1. The van der Waals surface area contributed by atoms with Gasteiger partial charge in [0.05, 0.1) is 11.1 Å². The van der Waals surface area contributed by atoms with Gasteiger partial charge in [-0.25, -0.2) is 0 Å². The third kappa shape index (κ3) is 5.41. The van der Waals surface area contributed by atoms with Crippen LogP contribution < -0.4 is 10.2 Å². The fourth-order valence-corrected chi connectivity index (χ4v) is 8.88. The van der Waals surface area contributed by atoms with Crippen LogP contribution in [-0.2, 0) is 21.7 Å². The summed E-state index contributed by atoms with van der Waals surface area (Å²) in [6.07, 6.45) is 4.78. The molecule has 50 heavy (non-hydrogen) atoms. The Labute approximate surface area is 298 Å². The van der Waals surface area contributed by atoms with E-state index in [1.165, 1.54) is 64.9 Å². The molecule has 0 fully saturated rings. The van der Waals surface area contributed by atoms with Crippen molar-refractivity contribution in [3.05, 3.63) is 125 Å². The smallest absolute Gasteiger partial charge is 0.137 e. The predicted octanol–water partition coefficient (Wildman–Crippen LogP) is 13.8. The van der Waals surface area contributed by atoms with Crippen molar-refractivity contribution >= 4 is 50.4 Å². The van der Waals surface area contributed by atoms with Crippen LogP contribution in [0.3, 0.4) is 0 Å². The van der Waals surface area contributed by atoms with Gasteiger partial charge in [-0.1, -0.05) is 91.8 Å². The number of nitrogens with one attached hydrogen (secondary N) is 1. The summed E-state index contributed by atoms with van der Waals surface area (Å²) in [5.41, 5.74) is 15.1. The second kappa shape index (κ2) is 11.3. The van der Waals surface area contributed by atoms with E-state index >= 15 is 0 Å². The molecule has 1 aromatic heterocycles. The molecule has 0 atom stereocenters. The molecule has 0 amide bonds. The lowest BCUT2D eigenvalue weighted by atomic mass is 9.63. The summed E-state index contributed by atoms with van der Waals surface area (Å²) in [7, 11) is 0. The molecular formula is C47H52N2O. The van der Waals surface area contributed by atoms with Crippen LogP contribution in [0.4, 0.5) is 28.4 Å². The minimum Gasteiger partial charge on any atom is -0.456 e. The molecule has 3 heteroatoms. The fourth-order valence-electron chi connectivity index (χ4n) is 8.88. The van der Waals surface area contributed by atoms with Crippen molar-refractivity contribution in [3.8, 4) is 0 Å². The molecule has 0 spiro atoms. The zero-order chi connectivity index (χ0) is 35.2. The summed E-state index contributed by atoms with van der Waals surface area (Å²) in [6, 6.07) is 36.1. The maximum absolute atomic E-state index is 6.24. The lowest BCUT2D eigenvalue weighted by molar-refractivity contribution is 0.332. The summed E-state index contributed by atoms with van der Waals surface area (Å²) in [5, 5.41) is 6.06. The average Bonchev–Trinajstić information content (AvgIpc) is 3.45. The third-order valence-electron chi connectivity index (χ3n) is 12.2. The van der Waals surface area contributed by atoms with Crippen molar-refractivity contribution in [3.63, 3.8) is 0 Å². The molecule has 1 heterocycles. The maximum Gasteiger partial charge on any atom is 0.137 e. The SMILES string of the molecule is Cc1cc(Nc2cccc3oc4ccccc4c23)cc(N(c2ccc3c(c2)C(C)(C)CCC3(C)C)c2ccc3c(c2)C(C)(C)CCC3(C)C)c1. The van der Waals surface area contributed by atoms with Crippen LogP contribution in [0.1, 0.15) is 109 Å². The van der Waals surface area contributed by atoms with Gasteiger partial charge in [-0.05, 0) is 143 Å². The first-order valence-electron chi connectivity index (χ1n) is 18.5. The Bertz CT molecular complexity index is 2200. The van der Waals surface area contributed by atoms with Gasteiger partial charge in [0.15, 0.2) is 0 Å². The van der Waals surface area contributed by atoms with E-state index < -0.39 is 0 Å². The molecule has 256 valence electrons. The van der Waals surface area contributed by atoms with Gasteiger partial charge in [0.1, 0.15) is 11.2 Å². The second-order valence-electron chi connectivity index (χ2n) is 17.8. The van der Waals surface area contributed by atoms with Crippen molar-refractivity contribution in [2.45, 2.75) is 110 Å². The number of nitrogens with zero attached hydrogens (tertiary/aromatic N) is 1. The Morgan fingerprint density at radius 3 is 1.66 bits per heavy atom. The topological polar surface area (TPSA) is 28.4 Å². The highest BCUT2D eigenvalue weighted by molar-refractivity contribution is 6.12. The molecule has 3 nitrogen and oxygen atoms in total. The number of hydrogen-bond acceptors (Lipinski definition) is 3. The van der Waals surface area contributed by atoms with Gasteiger partial charge in [-0.2, -0.15) is 0 Å². The number of benzene rings is 5. The van der Waals surface area contributed by atoms with Crippen LogP contribution in [0, 0.1) is 6.92 Å². The van der Waals surface area contributed by atoms with Crippen LogP contribution in [0.15, 0.2) is 101 Å². The van der Waals surface area contributed by atoms with Gasteiger partial charge in [-0.3, -0.25) is 0 Å². The van der Waals surface area contributed by atoms with Crippen LogP contribution in [-0.4, -0.2) is 0 Å². The van der Waals surface area contributed by atoms with Crippen LogP contribution in [0.25, 0.3) is 21.9 Å². The van der Waals surface area contributed by atoms with Crippen LogP contribution >= 0.6 is 0 Å². The summed E-state index contributed by atoms with van der Waals surface area (Å²) < 4.78 is 6.24. The lowest BCUT2D eigenvalue weighted by Crippen LogP contribution is -2.34. The summed E-state index contributed by atoms with van der Waals surface area (Å²) in [6.45, 7) is 21.5. The molecule has 6 aromatic rings. The molecule has 8 rings (SSSR count). The second-order valence-corrected chi connectivity index (χ2v) is 17.8. The Balaban J connectivity index is 1.31. The number of hydrogen-bond donors (Lipinski definition) is 1. The molecule has 0 saturated carbocycles. The van der Waals surface area contributed by atoms with Gasteiger partial charge >= 0.3 is 0 Å². The van der Waals surface area contributed by atoms with Gasteiger partial charge < -0.3 is 14.6 Å². The lowest BCUT2D eigenvalue weighted by Gasteiger charge is -2.43. The van der Waals surface area contributed by atoms with Crippen molar-refractivity contribution in [1.82, 2.24) is 0 Å². The van der Waals surface area contributed by atoms with E-state index in [1.807, 2.05) is 12.1 Å². The molecule has 1 N–H and O–H groups in total. The van der Waals surface area contributed by atoms with Crippen molar-refractivity contribution in [1.29, 1.82) is 0 Å². The molecule has 2 aliphatic carbocycles. The van der Waals surface area contributed by atoms with E-state index in [1.54, 1.807) is 0 Å². The van der Waals surface area contributed by atoms with E-state index in [0.717, 1.165) is 39.0 Å². The molecule has 0 radical (unpaired) electrons.